The number of benzene rings is 1. The van der Waals surface area contributed by atoms with Gasteiger partial charge in [-0.05, 0) is 38.1 Å². The van der Waals surface area contributed by atoms with E-state index < -0.39 is 10.8 Å². The van der Waals surface area contributed by atoms with Gasteiger partial charge in [0.15, 0.2) is 0 Å². The van der Waals surface area contributed by atoms with Crippen molar-refractivity contribution in [2.24, 2.45) is 0 Å². The lowest BCUT2D eigenvalue weighted by atomic mass is 10.2. The average molecular weight is 277 g/mol. The number of rotatable bonds is 3. The van der Waals surface area contributed by atoms with E-state index in [1.165, 1.54) is 0 Å². The Morgan fingerprint density at radius 3 is 2.58 bits per heavy atom. The lowest BCUT2D eigenvalue weighted by Crippen LogP contribution is -2.12. The first-order valence-electron chi connectivity index (χ1n) is 5.79. The molecule has 0 bridgehead atoms. The molecule has 1 amide bonds. The molecule has 19 heavy (non-hydrogen) atoms. The third-order valence-electron chi connectivity index (χ3n) is 2.71. The fraction of sp³-hybridized carbons (Fsp3) is 0.214. The SMILES string of the molecule is Cc1cc(C(=O)Nc2cccc(S(C)=O)c2)c(C)o1. The molecule has 1 N–H and O–H groups in total. The van der Waals surface area contributed by atoms with Crippen LogP contribution in [0.15, 0.2) is 39.6 Å². The van der Waals surface area contributed by atoms with E-state index in [2.05, 4.69) is 5.32 Å². The van der Waals surface area contributed by atoms with Crippen LogP contribution in [0.2, 0.25) is 0 Å². The van der Waals surface area contributed by atoms with Crippen molar-refractivity contribution < 1.29 is 13.4 Å². The molecule has 4 nitrogen and oxygen atoms in total. The van der Waals surface area contributed by atoms with Gasteiger partial charge in [-0.1, -0.05) is 6.07 Å². The van der Waals surface area contributed by atoms with Gasteiger partial charge in [-0.15, -0.1) is 0 Å². The van der Waals surface area contributed by atoms with E-state index in [4.69, 9.17) is 4.42 Å². The van der Waals surface area contributed by atoms with Crippen molar-refractivity contribution in [1.82, 2.24) is 0 Å². The number of carbonyl (C=O) groups is 1. The normalized spacial score (nSPS) is 12.2. The van der Waals surface area contributed by atoms with Crippen molar-refractivity contribution in [3.8, 4) is 0 Å². The average Bonchev–Trinajstić information content (AvgIpc) is 2.69. The van der Waals surface area contributed by atoms with Crippen molar-refractivity contribution in [2.75, 3.05) is 11.6 Å². The molecule has 2 rings (SSSR count). The maximum Gasteiger partial charge on any atom is 0.259 e. The Morgan fingerprint density at radius 1 is 1.26 bits per heavy atom. The van der Waals surface area contributed by atoms with Crippen LogP contribution in [0.4, 0.5) is 5.69 Å². The molecule has 100 valence electrons. The molecule has 2 aromatic rings. The summed E-state index contributed by atoms with van der Waals surface area (Å²) >= 11 is 0. The Hall–Kier alpha value is -1.88. The van der Waals surface area contributed by atoms with Gasteiger partial charge in [-0.25, -0.2) is 0 Å². The number of anilines is 1. The van der Waals surface area contributed by atoms with Gasteiger partial charge in [-0.3, -0.25) is 9.00 Å². The van der Waals surface area contributed by atoms with Crippen molar-refractivity contribution in [2.45, 2.75) is 18.7 Å². The molecule has 1 aromatic heterocycles. The molecule has 0 saturated heterocycles. The van der Waals surface area contributed by atoms with Gasteiger partial charge in [0.25, 0.3) is 5.91 Å². The van der Waals surface area contributed by atoms with Crippen LogP contribution in [-0.4, -0.2) is 16.4 Å². The Bertz CT molecular complexity index is 646. The molecule has 0 spiro atoms. The molecule has 1 atom stereocenters. The molecule has 0 aliphatic carbocycles. The topological polar surface area (TPSA) is 59.3 Å². The maximum absolute atomic E-state index is 12.1. The smallest absolute Gasteiger partial charge is 0.259 e. The minimum absolute atomic E-state index is 0.228. The molecule has 0 fully saturated rings. The van der Waals surface area contributed by atoms with Gasteiger partial charge >= 0.3 is 0 Å². The second-order valence-corrected chi connectivity index (χ2v) is 5.64. The zero-order chi connectivity index (χ0) is 14.0. The molecular formula is C14H15NO3S. The van der Waals surface area contributed by atoms with Crippen molar-refractivity contribution in [3.63, 3.8) is 0 Å². The van der Waals surface area contributed by atoms with E-state index in [0.717, 1.165) is 0 Å². The van der Waals surface area contributed by atoms with E-state index in [-0.39, 0.29) is 5.91 Å². The molecule has 0 aliphatic rings. The molecule has 5 heteroatoms. The summed E-state index contributed by atoms with van der Waals surface area (Å²) in [6.07, 6.45) is 1.60. The number of hydrogen-bond donors (Lipinski definition) is 1. The number of furan rings is 1. The molecule has 1 aromatic carbocycles. The Morgan fingerprint density at radius 2 is 2.00 bits per heavy atom. The standard InChI is InChI=1S/C14H15NO3S/c1-9-7-13(10(2)18-9)14(16)15-11-5-4-6-12(8-11)19(3)17/h4-8H,1-3H3,(H,15,16). The van der Waals surface area contributed by atoms with Crippen molar-refractivity contribution >= 4 is 22.4 Å². The largest absolute Gasteiger partial charge is 0.466 e. The highest BCUT2D eigenvalue weighted by Gasteiger charge is 2.13. The van der Waals surface area contributed by atoms with Crippen molar-refractivity contribution in [3.05, 3.63) is 47.4 Å². The van der Waals surface area contributed by atoms with E-state index >= 15 is 0 Å². The number of hydrogen-bond acceptors (Lipinski definition) is 3. The number of aryl methyl sites for hydroxylation is 2. The molecule has 0 radical (unpaired) electrons. The van der Waals surface area contributed by atoms with Crippen LogP contribution in [-0.2, 0) is 10.8 Å². The second kappa shape index (κ2) is 5.40. The van der Waals surface area contributed by atoms with Crippen LogP contribution in [0, 0.1) is 13.8 Å². The Balaban J connectivity index is 2.21. The molecule has 0 aliphatic heterocycles. The summed E-state index contributed by atoms with van der Waals surface area (Å²) in [5.74, 6) is 1.06. The zero-order valence-electron chi connectivity index (χ0n) is 11.0. The highest BCUT2D eigenvalue weighted by Crippen LogP contribution is 2.18. The summed E-state index contributed by atoms with van der Waals surface area (Å²) in [4.78, 5) is 12.8. The van der Waals surface area contributed by atoms with Gasteiger partial charge in [0, 0.05) is 27.6 Å². The number of amides is 1. The fourth-order valence-corrected chi connectivity index (χ4v) is 2.37. The first-order valence-corrected chi connectivity index (χ1v) is 7.35. The van der Waals surface area contributed by atoms with Crippen molar-refractivity contribution in [1.29, 1.82) is 0 Å². The monoisotopic (exact) mass is 277 g/mol. The summed E-state index contributed by atoms with van der Waals surface area (Å²) in [6, 6.07) is 8.69. The molecule has 1 heterocycles. The first-order chi connectivity index (χ1) is 8.97. The van der Waals surface area contributed by atoms with E-state index in [1.807, 2.05) is 0 Å². The fourth-order valence-electron chi connectivity index (χ4n) is 1.81. The van der Waals surface area contributed by atoms with E-state index in [9.17, 15) is 9.00 Å². The van der Waals surface area contributed by atoms with Crippen LogP contribution in [0.3, 0.4) is 0 Å². The zero-order valence-corrected chi connectivity index (χ0v) is 11.8. The predicted molar refractivity (Wildman–Crippen MR) is 74.9 cm³/mol. The maximum atomic E-state index is 12.1. The summed E-state index contributed by atoms with van der Waals surface area (Å²) in [7, 11) is -1.07. The summed E-state index contributed by atoms with van der Waals surface area (Å²) in [5, 5.41) is 2.77. The number of carbonyl (C=O) groups excluding carboxylic acids is 1. The Labute approximate surface area is 114 Å². The minimum atomic E-state index is -1.07. The predicted octanol–water partition coefficient (Wildman–Crippen LogP) is 2.89. The lowest BCUT2D eigenvalue weighted by Gasteiger charge is -2.05. The van der Waals surface area contributed by atoms with Gasteiger partial charge in [0.05, 0.1) is 5.56 Å². The molecule has 1 unspecified atom stereocenters. The van der Waals surface area contributed by atoms with Gasteiger partial charge in [0.2, 0.25) is 0 Å². The highest BCUT2D eigenvalue weighted by molar-refractivity contribution is 7.84. The highest BCUT2D eigenvalue weighted by atomic mass is 32.2. The van der Waals surface area contributed by atoms with Crippen LogP contribution in [0.5, 0.6) is 0 Å². The van der Waals surface area contributed by atoms with Gasteiger partial charge < -0.3 is 9.73 Å². The summed E-state index contributed by atoms with van der Waals surface area (Å²) in [6.45, 7) is 3.55. The quantitative estimate of drug-likeness (QED) is 0.938. The summed E-state index contributed by atoms with van der Waals surface area (Å²) in [5.41, 5.74) is 1.14. The first kappa shape index (κ1) is 13.5. The van der Waals surface area contributed by atoms with Gasteiger partial charge in [-0.2, -0.15) is 0 Å². The summed E-state index contributed by atoms with van der Waals surface area (Å²) < 4.78 is 16.7. The van der Waals surface area contributed by atoms with E-state index in [0.29, 0.717) is 27.7 Å². The minimum Gasteiger partial charge on any atom is -0.466 e. The lowest BCUT2D eigenvalue weighted by molar-refractivity contribution is 0.102. The molecular weight excluding hydrogens is 262 g/mol. The number of nitrogens with one attached hydrogen (secondary N) is 1. The Kier molecular flexibility index (Phi) is 3.85. The second-order valence-electron chi connectivity index (χ2n) is 4.26. The van der Waals surface area contributed by atoms with E-state index in [1.54, 1.807) is 50.4 Å². The van der Waals surface area contributed by atoms with Crippen LogP contribution >= 0.6 is 0 Å². The third-order valence-corrected chi connectivity index (χ3v) is 3.63. The third kappa shape index (κ3) is 3.12. The molecule has 0 saturated carbocycles. The van der Waals surface area contributed by atoms with Gasteiger partial charge in [0.1, 0.15) is 11.5 Å². The van der Waals surface area contributed by atoms with Crippen LogP contribution in [0.1, 0.15) is 21.9 Å². The van der Waals surface area contributed by atoms with Crippen LogP contribution in [0.25, 0.3) is 0 Å². The van der Waals surface area contributed by atoms with Crippen LogP contribution < -0.4 is 5.32 Å².